The van der Waals surface area contributed by atoms with E-state index in [9.17, 15) is 18.0 Å². The van der Waals surface area contributed by atoms with Crippen molar-refractivity contribution in [3.05, 3.63) is 76.0 Å². The number of halogens is 3. The summed E-state index contributed by atoms with van der Waals surface area (Å²) in [5, 5.41) is 4.43. The minimum atomic E-state index is -0.670. The Balaban J connectivity index is 1.34. The quantitative estimate of drug-likeness (QED) is 0.673. The molecule has 0 bridgehead atoms. The minimum Gasteiger partial charge on any atom is -0.487 e. The number of hydrogen-bond donors (Lipinski definition) is 0. The number of hydrogen-bond acceptors (Lipinski definition) is 4. The Morgan fingerprint density at radius 1 is 1.10 bits per heavy atom. The summed E-state index contributed by atoms with van der Waals surface area (Å²) in [6, 6.07) is 4.19. The van der Waals surface area contributed by atoms with Crippen molar-refractivity contribution in [1.82, 2.24) is 19.3 Å². The maximum absolute atomic E-state index is 13.7. The molecule has 1 saturated carbocycles. The summed E-state index contributed by atoms with van der Waals surface area (Å²) in [6.07, 6.45) is 4.50. The van der Waals surface area contributed by atoms with Crippen LogP contribution in [0.25, 0.3) is 0 Å². The van der Waals surface area contributed by atoms with Crippen molar-refractivity contribution in [2.24, 2.45) is 0 Å². The number of rotatable bonds is 4. The van der Waals surface area contributed by atoms with Crippen LogP contribution in [0.15, 0.2) is 41.5 Å². The van der Waals surface area contributed by atoms with Crippen molar-refractivity contribution < 1.29 is 17.9 Å². The van der Waals surface area contributed by atoms with Gasteiger partial charge in [0.2, 0.25) is 0 Å². The van der Waals surface area contributed by atoms with Gasteiger partial charge < -0.3 is 4.74 Å². The Labute approximate surface area is 163 Å². The third-order valence-corrected chi connectivity index (χ3v) is 5.57. The molecule has 3 aromatic rings. The molecule has 150 valence electrons. The van der Waals surface area contributed by atoms with Gasteiger partial charge in [0.1, 0.15) is 23.6 Å². The summed E-state index contributed by atoms with van der Waals surface area (Å²) in [5.41, 5.74) is 0.122. The van der Waals surface area contributed by atoms with Crippen LogP contribution >= 0.6 is 0 Å². The minimum absolute atomic E-state index is 0.135. The van der Waals surface area contributed by atoms with E-state index in [1.165, 1.54) is 33.6 Å². The number of pyridine rings is 1. The Kier molecular flexibility index (Phi) is 4.18. The lowest BCUT2D eigenvalue weighted by Crippen LogP contribution is -2.41. The average Bonchev–Trinajstić information content (AvgIpc) is 3.19. The highest BCUT2D eigenvalue weighted by Gasteiger charge is 2.38. The number of aromatic nitrogens is 4. The second-order valence-corrected chi connectivity index (χ2v) is 7.44. The summed E-state index contributed by atoms with van der Waals surface area (Å²) in [4.78, 5) is 16.6. The van der Waals surface area contributed by atoms with Gasteiger partial charge in [-0.3, -0.25) is 9.55 Å². The van der Waals surface area contributed by atoms with E-state index < -0.39 is 23.5 Å². The van der Waals surface area contributed by atoms with Crippen LogP contribution in [0, 0.1) is 17.5 Å². The van der Waals surface area contributed by atoms with Crippen LogP contribution in [-0.4, -0.2) is 25.4 Å². The molecule has 1 aromatic carbocycles. The van der Waals surface area contributed by atoms with E-state index in [2.05, 4.69) is 10.1 Å². The van der Waals surface area contributed by atoms with E-state index in [0.717, 1.165) is 12.3 Å². The van der Waals surface area contributed by atoms with Gasteiger partial charge in [0.25, 0.3) is 0 Å². The van der Waals surface area contributed by atoms with Crippen molar-refractivity contribution in [1.29, 1.82) is 0 Å². The van der Waals surface area contributed by atoms with E-state index in [4.69, 9.17) is 4.74 Å². The lowest BCUT2D eigenvalue weighted by atomic mass is 9.89. The first-order valence-corrected chi connectivity index (χ1v) is 9.41. The summed E-state index contributed by atoms with van der Waals surface area (Å²) in [6.45, 7) is 0. The van der Waals surface area contributed by atoms with Gasteiger partial charge in [0.05, 0.1) is 18.3 Å². The Morgan fingerprint density at radius 2 is 1.86 bits per heavy atom. The van der Waals surface area contributed by atoms with Crippen LogP contribution in [0.1, 0.15) is 42.7 Å². The summed E-state index contributed by atoms with van der Waals surface area (Å²) < 4.78 is 49.4. The average molecular weight is 402 g/mol. The zero-order chi connectivity index (χ0) is 20.1. The fourth-order valence-corrected chi connectivity index (χ4v) is 4.11. The molecule has 0 saturated heterocycles. The molecule has 1 atom stereocenters. The van der Waals surface area contributed by atoms with Gasteiger partial charge in [-0.05, 0) is 24.1 Å². The first-order chi connectivity index (χ1) is 14.0. The number of aryl methyl sites for hydroxylation is 1. The third kappa shape index (κ3) is 3.10. The lowest BCUT2D eigenvalue weighted by Gasteiger charge is -2.34. The third-order valence-electron chi connectivity index (χ3n) is 5.57. The molecule has 29 heavy (non-hydrogen) atoms. The molecular formula is C20H17F3N4O2. The van der Waals surface area contributed by atoms with Gasteiger partial charge in [-0.15, -0.1) is 0 Å². The smallest absolute Gasteiger partial charge is 0.346 e. The SMILES string of the molecule is O=c1n2c(nn1[C@H]1C[C@H](Oc3ccncc3F)C1)CC[C@H]2c1cc(F)cc(F)c1. The van der Waals surface area contributed by atoms with E-state index in [-0.39, 0.29) is 23.6 Å². The van der Waals surface area contributed by atoms with Gasteiger partial charge in [-0.25, -0.2) is 22.6 Å². The Morgan fingerprint density at radius 3 is 2.59 bits per heavy atom. The summed E-state index contributed by atoms with van der Waals surface area (Å²) in [5.74, 6) is -1.13. The highest BCUT2D eigenvalue weighted by atomic mass is 19.1. The maximum Gasteiger partial charge on any atom is 0.346 e. The van der Waals surface area contributed by atoms with Gasteiger partial charge in [-0.1, -0.05) is 0 Å². The first-order valence-electron chi connectivity index (χ1n) is 9.41. The molecule has 1 aliphatic carbocycles. The van der Waals surface area contributed by atoms with Crippen LogP contribution in [0.4, 0.5) is 13.2 Å². The lowest BCUT2D eigenvalue weighted by molar-refractivity contribution is 0.0588. The van der Waals surface area contributed by atoms with E-state index >= 15 is 0 Å². The second kappa shape index (κ2) is 6.75. The van der Waals surface area contributed by atoms with Crippen LogP contribution in [-0.2, 0) is 6.42 Å². The molecule has 0 radical (unpaired) electrons. The topological polar surface area (TPSA) is 61.9 Å². The van der Waals surface area contributed by atoms with Gasteiger partial charge in [-0.2, -0.15) is 5.10 Å². The predicted molar refractivity (Wildman–Crippen MR) is 96.2 cm³/mol. The predicted octanol–water partition coefficient (Wildman–Crippen LogP) is 3.18. The van der Waals surface area contributed by atoms with Crippen LogP contribution in [0.2, 0.25) is 0 Å². The van der Waals surface area contributed by atoms with E-state index in [1.807, 2.05) is 0 Å². The number of fused-ring (bicyclic) bond motifs is 1. The second-order valence-electron chi connectivity index (χ2n) is 7.44. The number of nitrogens with zero attached hydrogens (tertiary/aromatic N) is 4. The first kappa shape index (κ1) is 18.0. The monoisotopic (exact) mass is 402 g/mol. The molecule has 5 rings (SSSR count). The van der Waals surface area contributed by atoms with Crippen molar-refractivity contribution in [3.8, 4) is 5.75 Å². The molecule has 0 spiro atoms. The van der Waals surface area contributed by atoms with Crippen molar-refractivity contribution in [3.63, 3.8) is 0 Å². The molecule has 0 unspecified atom stereocenters. The van der Waals surface area contributed by atoms with Crippen molar-refractivity contribution >= 4 is 0 Å². The molecule has 3 heterocycles. The molecule has 0 N–H and O–H groups in total. The molecule has 6 nitrogen and oxygen atoms in total. The summed E-state index contributed by atoms with van der Waals surface area (Å²) in [7, 11) is 0. The zero-order valence-corrected chi connectivity index (χ0v) is 15.3. The van der Waals surface area contributed by atoms with Crippen molar-refractivity contribution in [2.45, 2.75) is 43.9 Å². The zero-order valence-electron chi connectivity index (χ0n) is 15.3. The Bertz CT molecular complexity index is 1120. The number of ether oxygens (including phenoxy) is 1. The largest absolute Gasteiger partial charge is 0.487 e. The van der Waals surface area contributed by atoms with Crippen molar-refractivity contribution in [2.75, 3.05) is 0 Å². The standard InChI is InChI=1S/C20H17F3N4O2/c21-12-5-11(6-13(22)7-12)17-1-2-19-25-27(20(28)26(17)19)14-8-15(9-14)29-18-3-4-24-10-16(18)23/h3-7,10,14-15,17H,1-2,8-9H2/t14-,15-,17-/m0/s1. The maximum atomic E-state index is 13.7. The molecule has 9 heteroatoms. The molecule has 2 aliphatic rings. The van der Waals surface area contributed by atoms with Gasteiger partial charge in [0.15, 0.2) is 11.6 Å². The van der Waals surface area contributed by atoms with E-state index in [1.54, 1.807) is 0 Å². The molecule has 2 aromatic heterocycles. The molecule has 1 aliphatic heterocycles. The van der Waals surface area contributed by atoms with Crippen LogP contribution in [0.3, 0.4) is 0 Å². The van der Waals surface area contributed by atoms with Crippen LogP contribution < -0.4 is 10.4 Å². The highest BCUT2D eigenvalue weighted by Crippen LogP contribution is 2.36. The molecule has 1 fully saturated rings. The van der Waals surface area contributed by atoms with Gasteiger partial charge in [0, 0.05) is 37.6 Å². The molecule has 0 amide bonds. The summed E-state index contributed by atoms with van der Waals surface area (Å²) >= 11 is 0. The van der Waals surface area contributed by atoms with E-state index in [0.29, 0.717) is 37.1 Å². The highest BCUT2D eigenvalue weighted by molar-refractivity contribution is 5.25. The van der Waals surface area contributed by atoms with Gasteiger partial charge >= 0.3 is 5.69 Å². The molecular weight excluding hydrogens is 385 g/mol. The fraction of sp³-hybridized carbons (Fsp3) is 0.350. The normalized spacial score (nSPS) is 22.9. The Hall–Kier alpha value is -3.10. The van der Waals surface area contributed by atoms with Crippen LogP contribution in [0.5, 0.6) is 5.75 Å². The number of benzene rings is 1. The fourth-order valence-electron chi connectivity index (χ4n) is 4.11.